The number of aryl methyl sites for hydroxylation is 1. The first-order valence-electron chi connectivity index (χ1n) is 7.55. The topological polar surface area (TPSA) is 60.9 Å². The summed E-state index contributed by atoms with van der Waals surface area (Å²) in [5.41, 5.74) is 2.96. The molecule has 0 N–H and O–H groups in total. The van der Waals surface area contributed by atoms with Crippen LogP contribution in [0, 0.1) is 0 Å². The number of aromatic nitrogens is 6. The first-order valence-corrected chi connectivity index (χ1v) is 8.75. The van der Waals surface area contributed by atoms with Gasteiger partial charge in [-0.25, -0.2) is 0 Å². The summed E-state index contributed by atoms with van der Waals surface area (Å²) >= 11 is 7.45. The second kappa shape index (κ2) is 5.68. The van der Waals surface area contributed by atoms with Crippen molar-refractivity contribution in [3.8, 4) is 22.1 Å². The second-order valence-corrected chi connectivity index (χ2v) is 7.26. The predicted molar refractivity (Wildman–Crippen MR) is 95.4 cm³/mol. The zero-order valence-corrected chi connectivity index (χ0v) is 15.0. The minimum Gasteiger partial charge on any atom is -0.265 e. The van der Waals surface area contributed by atoms with Gasteiger partial charge in [0.15, 0.2) is 10.8 Å². The number of hydrogen-bond acceptors (Lipinski definition) is 5. The van der Waals surface area contributed by atoms with Crippen LogP contribution in [-0.4, -0.2) is 29.6 Å². The third-order valence-corrected chi connectivity index (χ3v) is 4.98. The van der Waals surface area contributed by atoms with Crippen LogP contribution in [0.4, 0.5) is 0 Å². The van der Waals surface area contributed by atoms with Crippen LogP contribution in [0.2, 0.25) is 5.02 Å². The maximum absolute atomic E-state index is 5.95. The van der Waals surface area contributed by atoms with Crippen LogP contribution in [0.3, 0.4) is 0 Å². The molecule has 0 saturated heterocycles. The van der Waals surface area contributed by atoms with Gasteiger partial charge in [-0.3, -0.25) is 4.68 Å². The lowest BCUT2D eigenvalue weighted by Crippen LogP contribution is -1.96. The zero-order valence-electron chi connectivity index (χ0n) is 13.4. The van der Waals surface area contributed by atoms with Crippen molar-refractivity contribution in [2.45, 2.75) is 19.8 Å². The number of rotatable bonds is 3. The molecule has 0 radical (unpaired) electrons. The first kappa shape index (κ1) is 15.3. The van der Waals surface area contributed by atoms with Gasteiger partial charge in [0.2, 0.25) is 4.96 Å². The van der Waals surface area contributed by atoms with E-state index in [0.29, 0.717) is 16.8 Å². The molecule has 122 valence electrons. The highest BCUT2D eigenvalue weighted by atomic mass is 35.5. The Bertz CT molecular complexity index is 1010. The largest absolute Gasteiger partial charge is 0.265 e. The van der Waals surface area contributed by atoms with Crippen molar-refractivity contribution >= 4 is 27.9 Å². The average Bonchev–Trinajstić information content (AvgIpc) is 3.21. The van der Waals surface area contributed by atoms with Crippen LogP contribution >= 0.6 is 22.9 Å². The third-order valence-electron chi connectivity index (χ3n) is 3.80. The van der Waals surface area contributed by atoms with Gasteiger partial charge >= 0.3 is 0 Å². The van der Waals surface area contributed by atoms with Gasteiger partial charge in [0.1, 0.15) is 0 Å². The fourth-order valence-corrected chi connectivity index (χ4v) is 3.48. The van der Waals surface area contributed by atoms with Crippen LogP contribution in [0.5, 0.6) is 0 Å². The highest BCUT2D eigenvalue weighted by Crippen LogP contribution is 2.29. The molecular formula is C16H15ClN6S. The lowest BCUT2D eigenvalue weighted by molar-refractivity contribution is 0.716. The van der Waals surface area contributed by atoms with Crippen LogP contribution in [-0.2, 0) is 7.05 Å². The molecule has 0 aliphatic rings. The summed E-state index contributed by atoms with van der Waals surface area (Å²) in [6.07, 6.45) is 0. The van der Waals surface area contributed by atoms with Gasteiger partial charge in [-0.05, 0) is 36.2 Å². The summed E-state index contributed by atoms with van der Waals surface area (Å²) in [5, 5.41) is 19.3. The van der Waals surface area contributed by atoms with Crippen LogP contribution in [0.1, 0.15) is 25.5 Å². The number of fused-ring (bicyclic) bond motifs is 1. The van der Waals surface area contributed by atoms with E-state index >= 15 is 0 Å². The minimum absolute atomic E-state index is 0.375. The van der Waals surface area contributed by atoms with E-state index in [1.165, 1.54) is 11.3 Å². The summed E-state index contributed by atoms with van der Waals surface area (Å²) in [5.74, 6) is 1.08. The molecule has 0 bridgehead atoms. The summed E-state index contributed by atoms with van der Waals surface area (Å²) in [4.78, 5) is 0.752. The Hall–Kier alpha value is -2.25. The van der Waals surface area contributed by atoms with Gasteiger partial charge < -0.3 is 0 Å². The number of nitrogens with zero attached hydrogens (tertiary/aromatic N) is 6. The van der Waals surface area contributed by atoms with Gasteiger partial charge in [0.05, 0.1) is 11.4 Å². The maximum Gasteiger partial charge on any atom is 0.235 e. The normalized spacial score (nSPS) is 11.7. The Morgan fingerprint density at radius 2 is 1.83 bits per heavy atom. The molecule has 0 atom stereocenters. The molecule has 4 aromatic rings. The molecule has 0 spiro atoms. The molecule has 6 nitrogen and oxygen atoms in total. The molecule has 4 rings (SSSR count). The quantitative estimate of drug-likeness (QED) is 0.554. The van der Waals surface area contributed by atoms with Crippen molar-refractivity contribution in [1.82, 2.24) is 29.6 Å². The van der Waals surface area contributed by atoms with E-state index in [-0.39, 0.29) is 0 Å². The molecule has 0 unspecified atom stereocenters. The number of benzene rings is 1. The smallest absolute Gasteiger partial charge is 0.235 e. The summed E-state index contributed by atoms with van der Waals surface area (Å²) in [6, 6.07) is 9.58. The van der Waals surface area contributed by atoms with Gasteiger partial charge in [-0.1, -0.05) is 36.8 Å². The lowest BCUT2D eigenvalue weighted by Gasteiger charge is -1.97. The Balaban J connectivity index is 1.81. The predicted octanol–water partition coefficient (Wildman–Crippen LogP) is 4.03. The molecular weight excluding hydrogens is 344 g/mol. The van der Waals surface area contributed by atoms with Crippen LogP contribution < -0.4 is 0 Å². The van der Waals surface area contributed by atoms with Crippen molar-refractivity contribution < 1.29 is 0 Å². The fourth-order valence-electron chi connectivity index (χ4n) is 2.47. The Morgan fingerprint density at radius 3 is 2.50 bits per heavy atom. The molecule has 0 aliphatic heterocycles. The molecule has 1 aromatic carbocycles. The number of halogens is 1. The fraction of sp³-hybridized carbons (Fsp3) is 0.250. The molecule has 3 aromatic heterocycles. The molecule has 0 fully saturated rings. The first-order chi connectivity index (χ1) is 11.5. The van der Waals surface area contributed by atoms with Gasteiger partial charge in [-0.15, -0.1) is 10.2 Å². The molecule has 0 amide bonds. The van der Waals surface area contributed by atoms with Gasteiger partial charge in [0.25, 0.3) is 0 Å². The molecule has 8 heteroatoms. The Morgan fingerprint density at radius 1 is 1.08 bits per heavy atom. The van der Waals surface area contributed by atoms with Crippen LogP contribution in [0.25, 0.3) is 27.1 Å². The van der Waals surface area contributed by atoms with E-state index in [2.05, 4.69) is 35.2 Å². The summed E-state index contributed by atoms with van der Waals surface area (Å²) in [7, 11) is 1.93. The van der Waals surface area contributed by atoms with E-state index in [4.69, 9.17) is 16.7 Å². The zero-order chi connectivity index (χ0) is 16.8. The Labute approximate surface area is 147 Å². The number of hydrogen-bond donors (Lipinski definition) is 0. The molecule has 3 heterocycles. The summed E-state index contributed by atoms with van der Waals surface area (Å²) in [6.45, 7) is 4.26. The third kappa shape index (κ3) is 2.50. The van der Waals surface area contributed by atoms with Crippen molar-refractivity contribution in [3.05, 3.63) is 41.0 Å². The van der Waals surface area contributed by atoms with E-state index in [9.17, 15) is 0 Å². The molecule has 24 heavy (non-hydrogen) atoms. The van der Waals surface area contributed by atoms with Gasteiger partial charge in [0, 0.05) is 17.6 Å². The maximum atomic E-state index is 5.95. The van der Waals surface area contributed by atoms with Crippen molar-refractivity contribution in [2.75, 3.05) is 0 Å². The highest BCUT2D eigenvalue weighted by molar-refractivity contribution is 7.19. The van der Waals surface area contributed by atoms with Crippen molar-refractivity contribution in [1.29, 1.82) is 0 Å². The second-order valence-electron chi connectivity index (χ2n) is 5.86. The SMILES string of the molecule is CC(C)c1cc(-c2nn3c(-c4ccc(Cl)cc4)nnc3s2)n(C)n1. The molecule has 0 aliphatic carbocycles. The monoisotopic (exact) mass is 358 g/mol. The van der Waals surface area contributed by atoms with E-state index in [0.717, 1.165) is 26.9 Å². The highest BCUT2D eigenvalue weighted by Gasteiger charge is 2.18. The van der Waals surface area contributed by atoms with Gasteiger partial charge in [-0.2, -0.15) is 14.7 Å². The standard InChI is InChI=1S/C16H15ClN6S/c1-9(2)12-8-13(22(3)20-12)15-21-23-14(18-19-16(23)24-15)10-4-6-11(17)7-5-10/h4-9H,1-3H3. The van der Waals surface area contributed by atoms with E-state index in [1.54, 1.807) is 4.52 Å². The van der Waals surface area contributed by atoms with Crippen molar-refractivity contribution in [2.24, 2.45) is 7.05 Å². The van der Waals surface area contributed by atoms with E-state index < -0.39 is 0 Å². The minimum atomic E-state index is 0.375. The van der Waals surface area contributed by atoms with E-state index in [1.807, 2.05) is 36.0 Å². The summed E-state index contributed by atoms with van der Waals surface area (Å²) < 4.78 is 3.63. The lowest BCUT2D eigenvalue weighted by atomic mass is 10.1. The van der Waals surface area contributed by atoms with Crippen molar-refractivity contribution in [3.63, 3.8) is 0 Å². The average molecular weight is 359 g/mol. The Kier molecular flexibility index (Phi) is 3.62. The molecule has 0 saturated carbocycles. The van der Waals surface area contributed by atoms with Crippen LogP contribution in [0.15, 0.2) is 30.3 Å².